The van der Waals surface area contributed by atoms with Gasteiger partial charge in [0, 0.05) is 44.8 Å². The predicted octanol–water partition coefficient (Wildman–Crippen LogP) is 1.76. The Hall–Kier alpha value is -1.00. The van der Waals surface area contributed by atoms with Crippen LogP contribution >= 0.6 is 0 Å². The summed E-state index contributed by atoms with van der Waals surface area (Å²) in [5.74, 6) is 0. The summed E-state index contributed by atoms with van der Waals surface area (Å²) in [4.78, 5) is 2.65. The molecule has 0 radical (unpaired) electrons. The minimum absolute atomic E-state index is 0.194. The van der Waals surface area contributed by atoms with Crippen LogP contribution in [0.25, 0.3) is 0 Å². The lowest BCUT2D eigenvalue weighted by atomic mass is 9.92. The summed E-state index contributed by atoms with van der Waals surface area (Å²) in [5.41, 5.74) is 0.957. The number of hydrogen-bond acceptors (Lipinski definition) is 5. The first-order chi connectivity index (χ1) is 13.6. The van der Waals surface area contributed by atoms with Crippen LogP contribution in [0.4, 0.5) is 0 Å². The Morgan fingerprint density at radius 3 is 2.00 bits per heavy atom. The number of sulfonamides is 2. The molecule has 0 aromatic heterocycles. The van der Waals surface area contributed by atoms with Crippen LogP contribution in [0.3, 0.4) is 0 Å². The van der Waals surface area contributed by atoms with Gasteiger partial charge in [-0.05, 0) is 37.0 Å². The first-order valence-corrected chi connectivity index (χ1v) is 13.7. The van der Waals surface area contributed by atoms with Gasteiger partial charge in [0.1, 0.15) is 0 Å². The molecule has 1 aromatic carbocycles. The van der Waals surface area contributed by atoms with Gasteiger partial charge in [0.2, 0.25) is 20.0 Å². The Balaban J connectivity index is 1.68. The maximum absolute atomic E-state index is 13.0. The Kier molecular flexibility index (Phi) is 6.75. The van der Waals surface area contributed by atoms with Gasteiger partial charge in [0.25, 0.3) is 0 Å². The van der Waals surface area contributed by atoms with E-state index in [-0.39, 0.29) is 5.54 Å². The molecule has 0 bridgehead atoms. The van der Waals surface area contributed by atoms with Gasteiger partial charge >= 0.3 is 0 Å². The smallest absolute Gasteiger partial charge is 0.243 e. The third-order valence-electron chi connectivity index (χ3n) is 6.43. The second-order valence-electron chi connectivity index (χ2n) is 8.21. The lowest BCUT2D eigenvalue weighted by Gasteiger charge is -2.45. The molecule has 29 heavy (non-hydrogen) atoms. The molecule has 9 heteroatoms. The minimum Gasteiger partial charge on any atom is -0.294 e. The van der Waals surface area contributed by atoms with Crippen molar-refractivity contribution in [3.8, 4) is 0 Å². The molecule has 2 fully saturated rings. The zero-order valence-electron chi connectivity index (χ0n) is 17.7. The average molecular weight is 444 g/mol. The normalized spacial score (nSPS) is 25.5. The number of hydrogen-bond donors (Lipinski definition) is 0. The van der Waals surface area contributed by atoms with Crippen LogP contribution in [0.5, 0.6) is 0 Å². The summed E-state index contributed by atoms with van der Waals surface area (Å²) in [6.07, 6.45) is 4.88. The number of nitrogens with zero attached hydrogens (tertiary/aromatic N) is 3. The largest absolute Gasteiger partial charge is 0.294 e. The molecule has 2 saturated heterocycles. The van der Waals surface area contributed by atoms with Crippen molar-refractivity contribution in [1.82, 2.24) is 13.5 Å². The van der Waals surface area contributed by atoms with Gasteiger partial charge in [-0.1, -0.05) is 32.4 Å². The van der Waals surface area contributed by atoms with Crippen molar-refractivity contribution in [3.05, 3.63) is 29.8 Å². The Morgan fingerprint density at radius 1 is 0.897 bits per heavy atom. The van der Waals surface area contributed by atoms with Crippen molar-refractivity contribution in [2.45, 2.75) is 50.0 Å². The molecular weight excluding hydrogens is 410 g/mol. The zero-order valence-corrected chi connectivity index (χ0v) is 19.3. The Labute approximate surface area is 175 Å². The fourth-order valence-corrected chi connectivity index (χ4v) is 6.86. The van der Waals surface area contributed by atoms with E-state index < -0.39 is 20.0 Å². The molecule has 7 nitrogen and oxygen atoms in total. The fraction of sp³-hybridized carbons (Fsp3) is 0.700. The van der Waals surface area contributed by atoms with Crippen LogP contribution in [0.1, 0.15) is 38.7 Å². The minimum atomic E-state index is -3.50. The molecule has 2 aliphatic heterocycles. The number of benzene rings is 1. The van der Waals surface area contributed by atoms with Crippen LogP contribution in [-0.4, -0.2) is 81.4 Å². The molecule has 0 saturated carbocycles. The van der Waals surface area contributed by atoms with Crippen molar-refractivity contribution >= 4 is 20.0 Å². The molecule has 1 atom stereocenters. The summed E-state index contributed by atoms with van der Waals surface area (Å²) in [5, 5.41) is 0. The molecule has 164 valence electrons. The van der Waals surface area contributed by atoms with Crippen molar-refractivity contribution in [2.24, 2.45) is 0 Å². The first-order valence-electron chi connectivity index (χ1n) is 10.4. The molecule has 2 aliphatic rings. The molecular formula is C20H33N3O4S2. The highest BCUT2D eigenvalue weighted by Gasteiger charge is 2.45. The van der Waals surface area contributed by atoms with Crippen LogP contribution in [0.15, 0.2) is 29.2 Å². The zero-order chi connectivity index (χ0) is 21.3. The van der Waals surface area contributed by atoms with E-state index in [4.69, 9.17) is 0 Å². The topological polar surface area (TPSA) is 78.0 Å². The molecule has 0 amide bonds. The van der Waals surface area contributed by atoms with E-state index in [2.05, 4.69) is 18.7 Å². The highest BCUT2D eigenvalue weighted by molar-refractivity contribution is 7.89. The lowest BCUT2D eigenvalue weighted by Crippen LogP contribution is -2.58. The van der Waals surface area contributed by atoms with Crippen molar-refractivity contribution < 1.29 is 16.8 Å². The second-order valence-corrected chi connectivity index (χ2v) is 12.1. The van der Waals surface area contributed by atoms with Gasteiger partial charge in [-0.2, -0.15) is 4.31 Å². The van der Waals surface area contributed by atoms with E-state index in [0.29, 0.717) is 44.2 Å². The van der Waals surface area contributed by atoms with Crippen LogP contribution in [-0.2, 0) is 26.5 Å². The van der Waals surface area contributed by atoms with Crippen LogP contribution in [0, 0.1) is 0 Å². The van der Waals surface area contributed by atoms with Gasteiger partial charge in [0.15, 0.2) is 0 Å². The quantitative estimate of drug-likeness (QED) is 0.642. The average Bonchev–Trinajstić information content (AvgIpc) is 3.15. The molecule has 0 spiro atoms. The predicted molar refractivity (Wildman–Crippen MR) is 115 cm³/mol. The molecule has 2 heterocycles. The van der Waals surface area contributed by atoms with Gasteiger partial charge in [-0.15, -0.1) is 0 Å². The van der Waals surface area contributed by atoms with E-state index in [9.17, 15) is 16.8 Å². The second kappa shape index (κ2) is 8.63. The summed E-state index contributed by atoms with van der Waals surface area (Å²) in [7, 11) is -6.70. The standard InChI is InChI=1S/C20H33N3O4S2/c1-4-6-18-7-9-19(10-8-18)29(26,27)22-15-13-21(14-16-22)20(5-2)11-12-23(17-20)28(3,24)25/h7-10H,4-6,11-17H2,1-3H3/t20-/m0/s1. The molecule has 3 rings (SSSR count). The third-order valence-corrected chi connectivity index (χ3v) is 9.60. The lowest BCUT2D eigenvalue weighted by molar-refractivity contribution is 0.0600. The Morgan fingerprint density at radius 2 is 1.52 bits per heavy atom. The fourth-order valence-electron chi connectivity index (χ4n) is 4.54. The number of aryl methyl sites for hydroxylation is 1. The first kappa shape index (κ1) is 22.7. The summed E-state index contributed by atoms with van der Waals surface area (Å²) < 4.78 is 53.1. The summed E-state index contributed by atoms with van der Waals surface area (Å²) in [6.45, 7) is 7.33. The molecule has 0 unspecified atom stereocenters. The van der Waals surface area contributed by atoms with Gasteiger partial charge in [0.05, 0.1) is 11.2 Å². The van der Waals surface area contributed by atoms with Gasteiger partial charge in [-0.25, -0.2) is 21.1 Å². The van der Waals surface area contributed by atoms with Gasteiger partial charge < -0.3 is 0 Å². The number of rotatable bonds is 7. The van der Waals surface area contributed by atoms with E-state index >= 15 is 0 Å². The highest BCUT2D eigenvalue weighted by atomic mass is 32.2. The van der Waals surface area contributed by atoms with Crippen LogP contribution in [0.2, 0.25) is 0 Å². The van der Waals surface area contributed by atoms with Crippen molar-refractivity contribution in [3.63, 3.8) is 0 Å². The Bertz CT molecular complexity index is 908. The van der Waals surface area contributed by atoms with E-state index in [1.54, 1.807) is 20.7 Å². The van der Waals surface area contributed by atoms with Crippen molar-refractivity contribution in [1.29, 1.82) is 0 Å². The summed E-state index contributed by atoms with van der Waals surface area (Å²) >= 11 is 0. The maximum atomic E-state index is 13.0. The van der Waals surface area contributed by atoms with E-state index in [1.807, 2.05) is 12.1 Å². The van der Waals surface area contributed by atoms with Crippen molar-refractivity contribution in [2.75, 3.05) is 45.5 Å². The number of piperazine rings is 1. The van der Waals surface area contributed by atoms with Crippen LogP contribution < -0.4 is 0 Å². The van der Waals surface area contributed by atoms with E-state index in [0.717, 1.165) is 31.2 Å². The highest BCUT2D eigenvalue weighted by Crippen LogP contribution is 2.34. The molecule has 0 N–H and O–H groups in total. The molecule has 0 aliphatic carbocycles. The maximum Gasteiger partial charge on any atom is 0.243 e. The third kappa shape index (κ3) is 4.69. The van der Waals surface area contributed by atoms with E-state index in [1.165, 1.54) is 6.26 Å². The van der Waals surface area contributed by atoms with Gasteiger partial charge in [-0.3, -0.25) is 4.90 Å². The summed E-state index contributed by atoms with van der Waals surface area (Å²) in [6, 6.07) is 7.22. The molecule has 1 aromatic rings. The monoisotopic (exact) mass is 443 g/mol. The SMILES string of the molecule is CCCc1ccc(S(=O)(=O)N2CCN([C@@]3(CC)CCN(S(C)(=O)=O)C3)CC2)cc1.